The average molecular weight is 571 g/mol. The summed E-state index contributed by atoms with van der Waals surface area (Å²) in [4.78, 5) is 26.2. The number of carbonyl (C=O) groups is 1. The van der Waals surface area contributed by atoms with Gasteiger partial charge in [0, 0.05) is 54.6 Å². The molecule has 0 unspecified atom stereocenters. The summed E-state index contributed by atoms with van der Waals surface area (Å²) in [6, 6.07) is 24.0. The van der Waals surface area contributed by atoms with Gasteiger partial charge in [-0.3, -0.25) is 9.59 Å². The van der Waals surface area contributed by atoms with E-state index < -0.39 is 22.2 Å². The van der Waals surface area contributed by atoms with Gasteiger partial charge in [0.25, 0.3) is 15.8 Å². The Morgan fingerprint density at radius 2 is 1.59 bits per heavy atom. The minimum Gasteiger partial charge on any atom is -0.480 e. The Bertz CT molecular complexity index is 1780. The molecule has 3 aromatic carbocycles. The number of pyridine rings is 1. The summed E-state index contributed by atoms with van der Waals surface area (Å²) in [7, 11) is -3.87. The van der Waals surface area contributed by atoms with Gasteiger partial charge in [0.1, 0.15) is 6.04 Å². The van der Waals surface area contributed by atoms with Crippen molar-refractivity contribution in [1.82, 2.24) is 13.6 Å². The van der Waals surface area contributed by atoms with Crippen molar-refractivity contribution in [2.75, 3.05) is 31.1 Å². The number of piperazine rings is 1. The van der Waals surface area contributed by atoms with Gasteiger partial charge in [-0.1, -0.05) is 48.2 Å². The summed E-state index contributed by atoms with van der Waals surface area (Å²) >= 11 is 0. The fraction of sp³-hybridized carbons (Fsp3) is 0.226. The standard InChI is InChI=1S/C31H30N4O5S/c1-23(31(37)38)32-41(39,40)35-19-17-33(18-20-35)28-13-10-24(11-14-28)7-8-25-9-12-27-15-16-34(30(36)29(27)21-25)22-26-5-3-2-4-6-26/h2-6,9-16,21,23,32H,17-20,22H2,1H3,(H,37,38)/t23-/m1/s1. The molecule has 0 amide bonds. The predicted octanol–water partition coefficient (Wildman–Crippen LogP) is 2.88. The summed E-state index contributed by atoms with van der Waals surface area (Å²) in [6.07, 6.45) is 1.82. The van der Waals surface area contributed by atoms with Crippen molar-refractivity contribution in [3.63, 3.8) is 0 Å². The second-order valence-corrected chi connectivity index (χ2v) is 11.6. The van der Waals surface area contributed by atoms with E-state index in [-0.39, 0.29) is 18.6 Å². The minimum absolute atomic E-state index is 0.0561. The van der Waals surface area contributed by atoms with Gasteiger partial charge in [0.2, 0.25) is 0 Å². The number of carboxylic acids is 1. The minimum atomic E-state index is -3.87. The zero-order chi connectivity index (χ0) is 29.0. The van der Waals surface area contributed by atoms with Crippen LogP contribution in [0.15, 0.2) is 89.9 Å². The fourth-order valence-electron chi connectivity index (χ4n) is 4.70. The van der Waals surface area contributed by atoms with Gasteiger partial charge in [0.15, 0.2) is 0 Å². The van der Waals surface area contributed by atoms with E-state index in [1.807, 2.05) is 85.1 Å². The first-order valence-corrected chi connectivity index (χ1v) is 14.7. The zero-order valence-corrected chi connectivity index (χ0v) is 23.3. The number of nitrogens with zero attached hydrogens (tertiary/aromatic N) is 3. The Morgan fingerprint density at radius 1 is 0.927 bits per heavy atom. The molecule has 2 N–H and O–H groups in total. The number of anilines is 1. The molecule has 210 valence electrons. The quantitative estimate of drug-likeness (QED) is 0.331. The van der Waals surface area contributed by atoms with Gasteiger partial charge < -0.3 is 14.6 Å². The van der Waals surface area contributed by atoms with E-state index in [0.717, 1.165) is 27.8 Å². The molecule has 0 aliphatic carbocycles. The fourth-order valence-corrected chi connectivity index (χ4v) is 6.04. The first-order valence-electron chi connectivity index (χ1n) is 13.2. The van der Waals surface area contributed by atoms with Gasteiger partial charge in [-0.05, 0) is 60.3 Å². The first kappa shape index (κ1) is 28.1. The second kappa shape index (κ2) is 12.0. The molecule has 1 aliphatic rings. The van der Waals surface area contributed by atoms with Crippen molar-refractivity contribution in [3.05, 3.63) is 112 Å². The third-order valence-corrected chi connectivity index (χ3v) is 8.73. The Kier molecular flexibility index (Phi) is 8.21. The topological polar surface area (TPSA) is 112 Å². The third-order valence-electron chi connectivity index (χ3n) is 7.03. The van der Waals surface area contributed by atoms with Crippen LogP contribution >= 0.6 is 0 Å². The van der Waals surface area contributed by atoms with Crippen LogP contribution in [0.4, 0.5) is 5.69 Å². The normalized spacial score (nSPS) is 14.8. The molecular weight excluding hydrogens is 540 g/mol. The van der Waals surface area contributed by atoms with E-state index in [9.17, 15) is 18.0 Å². The van der Waals surface area contributed by atoms with Crippen molar-refractivity contribution < 1.29 is 18.3 Å². The lowest BCUT2D eigenvalue weighted by Crippen LogP contribution is -2.54. The van der Waals surface area contributed by atoms with Crippen LogP contribution in [-0.2, 0) is 21.5 Å². The molecule has 4 aromatic rings. The molecule has 0 bridgehead atoms. The van der Waals surface area contributed by atoms with E-state index in [1.165, 1.54) is 11.2 Å². The molecule has 0 radical (unpaired) electrons. The van der Waals surface area contributed by atoms with Crippen molar-refractivity contribution in [3.8, 4) is 11.8 Å². The number of hydrogen-bond acceptors (Lipinski definition) is 5. The van der Waals surface area contributed by atoms with E-state index in [2.05, 4.69) is 21.5 Å². The largest absolute Gasteiger partial charge is 0.480 e. The molecule has 5 rings (SSSR count). The van der Waals surface area contributed by atoms with Crippen molar-refractivity contribution in [2.45, 2.75) is 19.5 Å². The maximum absolute atomic E-state index is 13.1. The van der Waals surface area contributed by atoms with Crippen LogP contribution in [0.1, 0.15) is 23.6 Å². The number of nitrogens with one attached hydrogen (secondary N) is 1. The van der Waals surface area contributed by atoms with Crippen LogP contribution in [0.3, 0.4) is 0 Å². The third kappa shape index (κ3) is 6.66. The molecule has 1 atom stereocenters. The number of rotatable bonds is 7. The predicted molar refractivity (Wildman–Crippen MR) is 159 cm³/mol. The van der Waals surface area contributed by atoms with Crippen LogP contribution in [0.25, 0.3) is 10.8 Å². The molecule has 0 spiro atoms. The van der Waals surface area contributed by atoms with E-state index in [0.29, 0.717) is 25.0 Å². The van der Waals surface area contributed by atoms with Crippen LogP contribution in [0.2, 0.25) is 0 Å². The average Bonchev–Trinajstić information content (AvgIpc) is 2.98. The maximum Gasteiger partial charge on any atom is 0.321 e. The summed E-state index contributed by atoms with van der Waals surface area (Å²) in [5.41, 5.74) is 3.52. The highest BCUT2D eigenvalue weighted by atomic mass is 32.2. The molecule has 1 fully saturated rings. The summed E-state index contributed by atoms with van der Waals surface area (Å²) in [5.74, 6) is 5.10. The molecule has 1 aromatic heterocycles. The molecule has 10 heteroatoms. The Labute approximate surface area is 238 Å². The van der Waals surface area contributed by atoms with Gasteiger partial charge in [-0.15, -0.1) is 0 Å². The summed E-state index contributed by atoms with van der Waals surface area (Å²) in [5, 5.41) is 10.5. The number of aliphatic carboxylic acids is 1. The molecule has 41 heavy (non-hydrogen) atoms. The number of hydrogen-bond donors (Lipinski definition) is 2. The number of benzene rings is 3. The van der Waals surface area contributed by atoms with Crippen LogP contribution < -0.4 is 15.2 Å². The monoisotopic (exact) mass is 570 g/mol. The number of fused-ring (bicyclic) bond motifs is 1. The lowest BCUT2D eigenvalue weighted by atomic mass is 10.1. The maximum atomic E-state index is 13.1. The Hall–Kier alpha value is -4.43. The molecule has 9 nitrogen and oxygen atoms in total. The van der Waals surface area contributed by atoms with E-state index in [4.69, 9.17) is 5.11 Å². The first-order chi connectivity index (χ1) is 19.7. The molecule has 1 saturated heterocycles. The second-order valence-electron chi connectivity index (χ2n) is 9.90. The number of carboxylic acid groups (broad SMARTS) is 1. The number of aromatic nitrogens is 1. The molecule has 0 saturated carbocycles. The van der Waals surface area contributed by atoms with E-state index >= 15 is 0 Å². The van der Waals surface area contributed by atoms with Gasteiger partial charge in [-0.25, -0.2) is 0 Å². The summed E-state index contributed by atoms with van der Waals surface area (Å²) in [6.45, 7) is 3.25. The molecule has 2 heterocycles. The SMILES string of the molecule is C[C@@H](NS(=O)(=O)N1CCN(c2ccc(C#Cc3ccc4ccn(Cc5ccccc5)c(=O)c4c3)cc2)CC1)C(=O)O. The highest BCUT2D eigenvalue weighted by molar-refractivity contribution is 7.87. The lowest BCUT2D eigenvalue weighted by Gasteiger charge is -2.35. The van der Waals surface area contributed by atoms with Crippen molar-refractivity contribution >= 4 is 32.6 Å². The van der Waals surface area contributed by atoms with Crippen LogP contribution in [0, 0.1) is 11.8 Å². The van der Waals surface area contributed by atoms with Crippen molar-refractivity contribution in [1.29, 1.82) is 0 Å². The zero-order valence-electron chi connectivity index (χ0n) is 22.5. The van der Waals surface area contributed by atoms with Gasteiger partial charge in [0.05, 0.1) is 6.54 Å². The highest BCUT2D eigenvalue weighted by Gasteiger charge is 2.29. The Balaban J connectivity index is 1.25. The smallest absolute Gasteiger partial charge is 0.321 e. The van der Waals surface area contributed by atoms with Crippen LogP contribution in [-0.4, -0.2) is 60.6 Å². The molecular formula is C31H30N4O5S. The van der Waals surface area contributed by atoms with Crippen molar-refractivity contribution in [2.24, 2.45) is 0 Å². The Morgan fingerprint density at radius 3 is 2.27 bits per heavy atom. The van der Waals surface area contributed by atoms with Crippen LogP contribution in [0.5, 0.6) is 0 Å². The lowest BCUT2D eigenvalue weighted by molar-refractivity contribution is -0.138. The highest BCUT2D eigenvalue weighted by Crippen LogP contribution is 2.19. The van der Waals surface area contributed by atoms with Gasteiger partial charge in [-0.2, -0.15) is 17.4 Å². The molecule has 1 aliphatic heterocycles. The van der Waals surface area contributed by atoms with E-state index in [1.54, 1.807) is 4.57 Å². The summed E-state index contributed by atoms with van der Waals surface area (Å²) < 4.78 is 30.1. The van der Waals surface area contributed by atoms with Gasteiger partial charge >= 0.3 is 5.97 Å².